The molecule has 2 N–H and O–H groups in total. The van der Waals surface area contributed by atoms with Crippen LogP contribution in [0.2, 0.25) is 0 Å². The van der Waals surface area contributed by atoms with Gasteiger partial charge in [0.25, 0.3) is 5.91 Å². The molecule has 1 amide bonds. The SMILES string of the molecule is COC(=O)c1ccc(C(=O)NCC(C)(O)CCSC)cc1. The number of amides is 1. The van der Waals surface area contributed by atoms with Crippen LogP contribution in [-0.4, -0.2) is 48.2 Å². The molecule has 0 aliphatic carbocycles. The lowest BCUT2D eigenvalue weighted by atomic mass is 10.0. The molecule has 0 saturated heterocycles. The van der Waals surface area contributed by atoms with Gasteiger partial charge in [-0.15, -0.1) is 0 Å². The van der Waals surface area contributed by atoms with E-state index in [0.717, 1.165) is 5.75 Å². The summed E-state index contributed by atoms with van der Waals surface area (Å²) in [5, 5.41) is 12.8. The van der Waals surface area contributed by atoms with Crippen molar-refractivity contribution in [1.82, 2.24) is 5.32 Å². The number of esters is 1. The van der Waals surface area contributed by atoms with Gasteiger partial charge in [0.05, 0.1) is 18.3 Å². The Morgan fingerprint density at radius 3 is 2.38 bits per heavy atom. The molecule has 0 aliphatic rings. The van der Waals surface area contributed by atoms with Crippen molar-refractivity contribution in [3.8, 4) is 0 Å². The highest BCUT2D eigenvalue weighted by molar-refractivity contribution is 7.98. The normalized spacial score (nSPS) is 13.3. The molecule has 1 aromatic carbocycles. The fourth-order valence-corrected chi connectivity index (χ4v) is 2.30. The quantitative estimate of drug-likeness (QED) is 0.750. The minimum atomic E-state index is -0.926. The first kappa shape index (κ1) is 17.5. The second-order valence-corrected chi connectivity index (χ2v) is 5.98. The summed E-state index contributed by atoms with van der Waals surface area (Å²) in [5.74, 6) is 0.106. The van der Waals surface area contributed by atoms with Crippen LogP contribution in [0.15, 0.2) is 24.3 Å². The number of thioether (sulfide) groups is 1. The van der Waals surface area contributed by atoms with E-state index in [-0.39, 0.29) is 12.5 Å². The number of carbonyl (C=O) groups excluding carboxylic acids is 2. The van der Waals surface area contributed by atoms with Crippen LogP contribution in [0.4, 0.5) is 0 Å². The number of methoxy groups -OCH3 is 1. The zero-order valence-corrected chi connectivity index (χ0v) is 13.3. The summed E-state index contributed by atoms with van der Waals surface area (Å²) in [4.78, 5) is 23.3. The maximum absolute atomic E-state index is 12.0. The Kier molecular flexibility index (Phi) is 6.71. The Morgan fingerprint density at radius 1 is 1.29 bits per heavy atom. The molecule has 21 heavy (non-hydrogen) atoms. The molecular formula is C15H21NO4S. The van der Waals surface area contributed by atoms with Crippen molar-refractivity contribution in [2.75, 3.05) is 25.7 Å². The van der Waals surface area contributed by atoms with Crippen LogP contribution in [-0.2, 0) is 4.74 Å². The van der Waals surface area contributed by atoms with E-state index >= 15 is 0 Å². The molecular weight excluding hydrogens is 290 g/mol. The van der Waals surface area contributed by atoms with E-state index in [1.807, 2.05) is 6.26 Å². The summed E-state index contributed by atoms with van der Waals surface area (Å²) < 4.78 is 4.59. The summed E-state index contributed by atoms with van der Waals surface area (Å²) in [6.45, 7) is 1.88. The van der Waals surface area contributed by atoms with Crippen LogP contribution in [0, 0.1) is 0 Å². The van der Waals surface area contributed by atoms with Gasteiger partial charge in [-0.05, 0) is 49.6 Å². The van der Waals surface area contributed by atoms with E-state index in [1.165, 1.54) is 19.2 Å². The first-order valence-electron chi connectivity index (χ1n) is 6.57. The number of benzene rings is 1. The summed E-state index contributed by atoms with van der Waals surface area (Å²) in [6, 6.07) is 6.18. The van der Waals surface area contributed by atoms with E-state index < -0.39 is 11.6 Å². The smallest absolute Gasteiger partial charge is 0.337 e. The molecule has 6 heteroatoms. The highest BCUT2D eigenvalue weighted by atomic mass is 32.2. The van der Waals surface area contributed by atoms with Crippen LogP contribution in [0.25, 0.3) is 0 Å². The van der Waals surface area contributed by atoms with Crippen LogP contribution < -0.4 is 5.32 Å². The highest BCUT2D eigenvalue weighted by Crippen LogP contribution is 2.12. The second kappa shape index (κ2) is 8.05. The summed E-state index contributed by atoms with van der Waals surface area (Å²) >= 11 is 1.65. The van der Waals surface area contributed by atoms with Gasteiger partial charge in [0.2, 0.25) is 0 Å². The third-order valence-electron chi connectivity index (χ3n) is 3.04. The molecule has 0 bridgehead atoms. The predicted molar refractivity (Wildman–Crippen MR) is 83.7 cm³/mol. The van der Waals surface area contributed by atoms with Gasteiger partial charge in [0.15, 0.2) is 0 Å². The van der Waals surface area contributed by atoms with Crippen molar-refractivity contribution in [1.29, 1.82) is 0 Å². The van der Waals surface area contributed by atoms with Crippen LogP contribution in [0.1, 0.15) is 34.1 Å². The standard InChI is InChI=1S/C15H21NO4S/c1-15(19,8-9-21-3)10-16-13(17)11-4-6-12(7-5-11)14(18)20-2/h4-7,19H,8-10H2,1-3H3,(H,16,17). The van der Waals surface area contributed by atoms with E-state index in [0.29, 0.717) is 17.5 Å². The fourth-order valence-electron chi connectivity index (χ4n) is 1.66. The van der Waals surface area contributed by atoms with Crippen molar-refractivity contribution >= 4 is 23.6 Å². The molecule has 0 radical (unpaired) electrons. The van der Waals surface area contributed by atoms with Gasteiger partial charge < -0.3 is 15.2 Å². The van der Waals surface area contributed by atoms with Crippen molar-refractivity contribution in [3.05, 3.63) is 35.4 Å². The number of hydrogen-bond donors (Lipinski definition) is 2. The molecule has 0 spiro atoms. The van der Waals surface area contributed by atoms with Gasteiger partial charge in [-0.25, -0.2) is 4.79 Å². The third-order valence-corrected chi connectivity index (χ3v) is 3.66. The Morgan fingerprint density at radius 2 is 1.86 bits per heavy atom. The van der Waals surface area contributed by atoms with E-state index in [1.54, 1.807) is 30.8 Å². The maximum atomic E-state index is 12.0. The fraction of sp³-hybridized carbons (Fsp3) is 0.467. The summed E-state index contributed by atoms with van der Waals surface area (Å²) in [5.41, 5.74) is -0.103. The number of hydrogen-bond acceptors (Lipinski definition) is 5. The highest BCUT2D eigenvalue weighted by Gasteiger charge is 2.21. The Bertz CT molecular complexity index is 485. The second-order valence-electron chi connectivity index (χ2n) is 4.99. The minimum Gasteiger partial charge on any atom is -0.465 e. The molecule has 116 valence electrons. The Labute approximate surface area is 129 Å². The topological polar surface area (TPSA) is 75.6 Å². The lowest BCUT2D eigenvalue weighted by Gasteiger charge is -2.23. The van der Waals surface area contributed by atoms with Crippen molar-refractivity contribution in [2.45, 2.75) is 18.9 Å². The van der Waals surface area contributed by atoms with Crippen molar-refractivity contribution in [2.24, 2.45) is 0 Å². The summed E-state index contributed by atoms with van der Waals surface area (Å²) in [7, 11) is 1.31. The maximum Gasteiger partial charge on any atom is 0.337 e. The van der Waals surface area contributed by atoms with Gasteiger partial charge in [0, 0.05) is 12.1 Å². The lowest BCUT2D eigenvalue weighted by molar-refractivity contribution is 0.0528. The monoisotopic (exact) mass is 311 g/mol. The molecule has 5 nitrogen and oxygen atoms in total. The van der Waals surface area contributed by atoms with E-state index in [2.05, 4.69) is 10.1 Å². The van der Waals surface area contributed by atoms with Gasteiger partial charge in [0.1, 0.15) is 0 Å². The number of ether oxygens (including phenoxy) is 1. The van der Waals surface area contributed by atoms with Gasteiger partial charge in [-0.2, -0.15) is 11.8 Å². The first-order valence-corrected chi connectivity index (χ1v) is 7.97. The number of carbonyl (C=O) groups is 2. The molecule has 1 unspecified atom stereocenters. The van der Waals surface area contributed by atoms with Crippen molar-refractivity contribution < 1.29 is 19.4 Å². The van der Waals surface area contributed by atoms with Gasteiger partial charge in [-0.3, -0.25) is 4.79 Å². The first-order chi connectivity index (χ1) is 9.89. The molecule has 1 rings (SSSR count). The molecule has 0 aliphatic heterocycles. The van der Waals surface area contributed by atoms with Crippen LogP contribution in [0.5, 0.6) is 0 Å². The molecule has 0 heterocycles. The average molecular weight is 311 g/mol. The van der Waals surface area contributed by atoms with E-state index in [9.17, 15) is 14.7 Å². The molecule has 0 aromatic heterocycles. The number of aliphatic hydroxyl groups is 1. The molecule has 0 fully saturated rings. The lowest BCUT2D eigenvalue weighted by Crippen LogP contribution is -2.41. The summed E-state index contributed by atoms with van der Waals surface area (Å²) in [6.07, 6.45) is 2.58. The van der Waals surface area contributed by atoms with Gasteiger partial charge in [-0.1, -0.05) is 0 Å². The molecule has 1 atom stereocenters. The number of nitrogens with one attached hydrogen (secondary N) is 1. The van der Waals surface area contributed by atoms with Crippen molar-refractivity contribution in [3.63, 3.8) is 0 Å². The number of rotatable bonds is 7. The zero-order valence-electron chi connectivity index (χ0n) is 12.5. The Hall–Kier alpha value is -1.53. The largest absolute Gasteiger partial charge is 0.465 e. The van der Waals surface area contributed by atoms with E-state index in [4.69, 9.17) is 0 Å². The Balaban J connectivity index is 2.58. The van der Waals surface area contributed by atoms with Crippen LogP contribution in [0.3, 0.4) is 0 Å². The minimum absolute atomic E-state index is 0.186. The zero-order chi connectivity index (χ0) is 15.9. The molecule has 0 saturated carbocycles. The molecule has 1 aromatic rings. The average Bonchev–Trinajstić information content (AvgIpc) is 2.50. The van der Waals surface area contributed by atoms with Crippen LogP contribution >= 0.6 is 11.8 Å². The third kappa shape index (κ3) is 5.77. The predicted octanol–water partition coefficient (Wildman–Crippen LogP) is 1.71. The van der Waals surface area contributed by atoms with Gasteiger partial charge >= 0.3 is 5.97 Å².